The maximum Gasteiger partial charge on any atom is 0.344 e. The van der Waals surface area contributed by atoms with Gasteiger partial charge in [0.2, 0.25) is 5.95 Å². The van der Waals surface area contributed by atoms with Crippen molar-refractivity contribution >= 4 is 29.0 Å². The maximum absolute atomic E-state index is 12.8. The van der Waals surface area contributed by atoms with Crippen LogP contribution in [-0.2, 0) is 29.9 Å². The number of nitrogens with one attached hydrogen (secondary N) is 2. The Bertz CT molecular complexity index is 1770. The number of fused-ring (bicyclic) bond motifs is 1. The van der Waals surface area contributed by atoms with Gasteiger partial charge in [0.1, 0.15) is 29.9 Å². The topological polar surface area (TPSA) is 167 Å². The monoisotopic (exact) mass is 647 g/mol. The lowest BCUT2D eigenvalue weighted by atomic mass is 9.87. The van der Waals surface area contributed by atoms with Crippen LogP contribution in [-0.4, -0.2) is 68.5 Å². The van der Waals surface area contributed by atoms with Crippen LogP contribution in [0.4, 0.5) is 5.95 Å². The van der Waals surface area contributed by atoms with Crippen molar-refractivity contribution in [3.8, 4) is 11.5 Å². The average molecular weight is 648 g/mol. The number of benzene rings is 2. The predicted octanol–water partition coefficient (Wildman–Crippen LogP) is 4.00. The second kappa shape index (κ2) is 13.5. The number of rotatable bonds is 10. The molecule has 1 saturated heterocycles. The standard InChI is InChI=1S/C34H41N5O8/c1-33(2,3)20-7-11-22(12-8-20)44-17-26(41)36-32-37-30-29(31(43)38-32)35-19-39(30)27-15-24(25(16-40)46-27)47-28(42)18-45-23-13-9-21(10-14-23)34(4,5)6/h7-14,19,24-25,27,40H,15-18H2,1-6H3,(H2,36,37,38,41,43)/t24?,25-,27-/m1/s1. The smallest absolute Gasteiger partial charge is 0.344 e. The van der Waals surface area contributed by atoms with E-state index in [1.807, 2.05) is 24.3 Å². The molecule has 3 N–H and O–H groups in total. The second-order valence-corrected chi connectivity index (χ2v) is 13.5. The molecule has 2 aromatic heterocycles. The lowest BCUT2D eigenvalue weighted by Gasteiger charge is -2.19. The number of H-pyrrole nitrogens is 1. The summed E-state index contributed by atoms with van der Waals surface area (Å²) in [7, 11) is 0. The van der Waals surface area contributed by atoms with E-state index < -0.39 is 42.5 Å². The van der Waals surface area contributed by atoms with Crippen molar-refractivity contribution in [2.45, 2.75) is 77.2 Å². The van der Waals surface area contributed by atoms with Crippen molar-refractivity contribution in [2.24, 2.45) is 0 Å². The van der Waals surface area contributed by atoms with Crippen LogP contribution in [0.5, 0.6) is 11.5 Å². The summed E-state index contributed by atoms with van der Waals surface area (Å²) in [4.78, 5) is 49.1. The highest BCUT2D eigenvalue weighted by molar-refractivity contribution is 5.90. The van der Waals surface area contributed by atoms with Gasteiger partial charge in [0.25, 0.3) is 11.5 Å². The number of aliphatic hydroxyl groups excluding tert-OH is 1. The summed E-state index contributed by atoms with van der Waals surface area (Å²) in [6, 6.07) is 15.0. The molecule has 3 atom stereocenters. The van der Waals surface area contributed by atoms with Gasteiger partial charge in [-0.05, 0) is 46.2 Å². The zero-order valence-electron chi connectivity index (χ0n) is 27.4. The van der Waals surface area contributed by atoms with E-state index in [0.29, 0.717) is 11.5 Å². The molecule has 4 aromatic rings. The SMILES string of the molecule is CC(C)(C)c1ccc(OCC(=O)Nc2nc3c(ncn3[C@H]3CC(OC(=O)COc4ccc(C(C)(C)C)cc4)[C@@H](CO)O3)c(=O)[nH]2)cc1. The first-order chi connectivity index (χ1) is 22.2. The van der Waals surface area contributed by atoms with Crippen LogP contribution in [0.25, 0.3) is 11.2 Å². The van der Waals surface area contributed by atoms with Crippen molar-refractivity contribution in [1.29, 1.82) is 0 Å². The lowest BCUT2D eigenvalue weighted by molar-refractivity contribution is -0.155. The van der Waals surface area contributed by atoms with Crippen molar-refractivity contribution < 1.29 is 33.6 Å². The van der Waals surface area contributed by atoms with Gasteiger partial charge in [0.15, 0.2) is 24.4 Å². The maximum atomic E-state index is 12.8. The van der Waals surface area contributed by atoms with Gasteiger partial charge >= 0.3 is 5.97 Å². The number of carbonyl (C=O) groups is 2. The summed E-state index contributed by atoms with van der Waals surface area (Å²) in [5.74, 6) is -0.209. The van der Waals surface area contributed by atoms with Crippen LogP contribution in [0.1, 0.15) is 65.3 Å². The number of aliphatic hydroxyl groups is 1. The summed E-state index contributed by atoms with van der Waals surface area (Å²) in [5.41, 5.74) is 1.83. The Kier molecular flexibility index (Phi) is 9.68. The predicted molar refractivity (Wildman–Crippen MR) is 174 cm³/mol. The first kappa shape index (κ1) is 33.6. The van der Waals surface area contributed by atoms with Crippen molar-refractivity contribution in [1.82, 2.24) is 19.5 Å². The minimum Gasteiger partial charge on any atom is -0.484 e. The molecule has 13 nitrogen and oxygen atoms in total. The number of ether oxygens (including phenoxy) is 4. The van der Waals surface area contributed by atoms with Crippen molar-refractivity contribution in [3.05, 3.63) is 76.3 Å². The van der Waals surface area contributed by atoms with Gasteiger partial charge in [-0.15, -0.1) is 0 Å². The third kappa shape index (κ3) is 8.16. The first-order valence-corrected chi connectivity index (χ1v) is 15.4. The molecule has 0 saturated carbocycles. The lowest BCUT2D eigenvalue weighted by Crippen LogP contribution is -2.31. The fourth-order valence-corrected chi connectivity index (χ4v) is 5.12. The van der Waals surface area contributed by atoms with Gasteiger partial charge < -0.3 is 24.1 Å². The third-order valence-corrected chi connectivity index (χ3v) is 7.81. The van der Waals surface area contributed by atoms with Gasteiger partial charge in [-0.25, -0.2) is 9.78 Å². The Morgan fingerprint density at radius 1 is 0.957 bits per heavy atom. The van der Waals surface area contributed by atoms with Gasteiger partial charge in [-0.1, -0.05) is 65.8 Å². The van der Waals surface area contributed by atoms with Crippen LogP contribution >= 0.6 is 0 Å². The fourth-order valence-electron chi connectivity index (χ4n) is 5.12. The number of aromatic amines is 1. The van der Waals surface area contributed by atoms with Gasteiger partial charge in [0.05, 0.1) is 12.9 Å². The van der Waals surface area contributed by atoms with Crippen molar-refractivity contribution in [3.63, 3.8) is 0 Å². The molecule has 2 aromatic carbocycles. The zero-order chi connectivity index (χ0) is 33.9. The van der Waals surface area contributed by atoms with E-state index in [4.69, 9.17) is 18.9 Å². The number of anilines is 1. The van der Waals surface area contributed by atoms with Crippen LogP contribution in [0.15, 0.2) is 59.7 Å². The highest BCUT2D eigenvalue weighted by atomic mass is 16.6. The molecule has 0 spiro atoms. The molecule has 1 amide bonds. The molecule has 47 heavy (non-hydrogen) atoms. The Hall–Kier alpha value is -4.75. The Labute approximate surface area is 272 Å². The number of hydrogen-bond acceptors (Lipinski definition) is 10. The van der Waals surface area contributed by atoms with Crippen molar-refractivity contribution in [2.75, 3.05) is 25.1 Å². The molecule has 3 heterocycles. The molecule has 0 bridgehead atoms. The van der Waals surface area contributed by atoms with Gasteiger partial charge in [-0.2, -0.15) is 4.98 Å². The summed E-state index contributed by atoms with van der Waals surface area (Å²) >= 11 is 0. The highest BCUT2D eigenvalue weighted by Gasteiger charge is 2.39. The Balaban J connectivity index is 1.20. The molecule has 1 aliphatic rings. The van der Waals surface area contributed by atoms with E-state index in [1.54, 1.807) is 24.3 Å². The number of amides is 1. The van der Waals surface area contributed by atoms with Crippen LogP contribution in [0.3, 0.4) is 0 Å². The van der Waals surface area contributed by atoms with E-state index in [2.05, 4.69) is 61.8 Å². The molecule has 0 radical (unpaired) electrons. The van der Waals surface area contributed by atoms with Crippen LogP contribution in [0.2, 0.25) is 0 Å². The van der Waals surface area contributed by atoms with Crippen LogP contribution in [0, 0.1) is 0 Å². The van der Waals surface area contributed by atoms with E-state index in [0.717, 1.165) is 11.1 Å². The number of aromatic nitrogens is 4. The quantitative estimate of drug-likeness (QED) is 0.214. The summed E-state index contributed by atoms with van der Waals surface area (Å²) in [6.07, 6.45) is -0.865. The number of carbonyl (C=O) groups excluding carboxylic acids is 2. The largest absolute Gasteiger partial charge is 0.484 e. The Morgan fingerprint density at radius 3 is 2.09 bits per heavy atom. The molecule has 13 heteroatoms. The minimum atomic E-state index is -0.830. The molecule has 1 unspecified atom stereocenters. The second-order valence-electron chi connectivity index (χ2n) is 13.5. The molecule has 5 rings (SSSR count). The number of nitrogens with zero attached hydrogens (tertiary/aromatic N) is 3. The number of hydrogen-bond donors (Lipinski definition) is 3. The van der Waals surface area contributed by atoms with Crippen LogP contribution < -0.4 is 20.3 Å². The first-order valence-electron chi connectivity index (χ1n) is 15.4. The van der Waals surface area contributed by atoms with E-state index >= 15 is 0 Å². The minimum absolute atomic E-state index is 0.0103. The molecular formula is C34H41N5O8. The van der Waals surface area contributed by atoms with Gasteiger partial charge in [0, 0.05) is 6.42 Å². The highest BCUT2D eigenvalue weighted by Crippen LogP contribution is 2.32. The zero-order valence-corrected chi connectivity index (χ0v) is 27.4. The summed E-state index contributed by atoms with van der Waals surface area (Å²) in [6.45, 7) is 11.6. The molecule has 250 valence electrons. The summed E-state index contributed by atoms with van der Waals surface area (Å²) in [5, 5.41) is 12.5. The average Bonchev–Trinajstić information content (AvgIpc) is 3.62. The fraction of sp³-hybridized carbons (Fsp3) is 0.441. The van der Waals surface area contributed by atoms with E-state index in [1.165, 1.54) is 10.9 Å². The van der Waals surface area contributed by atoms with E-state index in [9.17, 15) is 19.5 Å². The van der Waals surface area contributed by atoms with E-state index in [-0.39, 0.29) is 47.6 Å². The third-order valence-electron chi connectivity index (χ3n) is 7.81. The molecule has 1 fully saturated rings. The molecule has 1 aliphatic heterocycles. The molecule has 0 aliphatic carbocycles. The Morgan fingerprint density at radius 2 is 1.53 bits per heavy atom. The van der Waals surface area contributed by atoms with Gasteiger partial charge in [-0.3, -0.25) is 24.5 Å². The molecular weight excluding hydrogens is 606 g/mol. The number of imidazole rings is 1. The normalized spacial score (nSPS) is 18.2. The number of esters is 1. The summed E-state index contributed by atoms with van der Waals surface area (Å²) < 4.78 is 24.3.